The quantitative estimate of drug-likeness (QED) is 0.603. The van der Waals surface area contributed by atoms with E-state index in [-0.39, 0.29) is 4.21 Å². The van der Waals surface area contributed by atoms with Crippen molar-refractivity contribution in [3.63, 3.8) is 0 Å². The van der Waals surface area contributed by atoms with Crippen molar-refractivity contribution in [1.29, 1.82) is 0 Å². The third-order valence-electron chi connectivity index (χ3n) is 1.37. The first-order valence-electron chi connectivity index (χ1n) is 3.63. The van der Waals surface area contributed by atoms with Crippen molar-refractivity contribution >= 4 is 79.7 Å². The Balaban J connectivity index is 2.95. The van der Waals surface area contributed by atoms with Crippen LogP contribution in [0.15, 0.2) is 16.3 Å². The maximum absolute atomic E-state index is 11.9. The van der Waals surface area contributed by atoms with Crippen LogP contribution in [0.3, 0.4) is 0 Å². The number of hydrogen-bond acceptors (Lipinski definition) is 4. The molecule has 10 heteroatoms. The summed E-state index contributed by atoms with van der Waals surface area (Å²) in [6.07, 6.45) is 0. The molecule has 1 aromatic heterocycles. The second kappa shape index (κ2) is 5.40. The summed E-state index contributed by atoms with van der Waals surface area (Å²) >= 11 is 23.6. The molecule has 0 amide bonds. The highest BCUT2D eigenvalue weighted by molar-refractivity contribution is 8.12. The van der Waals surface area contributed by atoms with E-state index in [2.05, 4.69) is 0 Å². The van der Waals surface area contributed by atoms with E-state index in [0.29, 0.717) is 16.3 Å². The fraction of sp³-hybridized carbons (Fsp3) is 0.333. The molecular formula is C6H5Cl4NO2S3. The Kier molecular flexibility index (Phi) is 5.12. The van der Waals surface area contributed by atoms with Crippen LogP contribution in [0.5, 0.6) is 0 Å². The summed E-state index contributed by atoms with van der Waals surface area (Å²) in [5.41, 5.74) is 0. The van der Waals surface area contributed by atoms with E-state index in [0.717, 1.165) is 15.0 Å². The van der Waals surface area contributed by atoms with E-state index in [9.17, 15) is 8.42 Å². The monoisotopic (exact) mass is 359 g/mol. The average molecular weight is 361 g/mol. The minimum Gasteiger partial charge on any atom is -0.205 e. The molecule has 1 aromatic rings. The van der Waals surface area contributed by atoms with Gasteiger partial charge < -0.3 is 0 Å². The predicted molar refractivity (Wildman–Crippen MR) is 72.2 cm³/mol. The van der Waals surface area contributed by atoms with Gasteiger partial charge in [0, 0.05) is 7.05 Å². The Labute approximate surface area is 122 Å². The number of thiophene rings is 1. The summed E-state index contributed by atoms with van der Waals surface area (Å²) in [6, 6.07) is 2.89. The predicted octanol–water partition coefficient (Wildman–Crippen LogP) is 4.00. The van der Waals surface area contributed by atoms with E-state index < -0.39 is 13.1 Å². The van der Waals surface area contributed by atoms with Gasteiger partial charge in [0.25, 0.3) is 13.1 Å². The summed E-state index contributed by atoms with van der Waals surface area (Å²) < 4.78 is 23.4. The minimum absolute atomic E-state index is 0.0988. The molecule has 0 N–H and O–H groups in total. The Morgan fingerprint density at radius 2 is 1.94 bits per heavy atom. The van der Waals surface area contributed by atoms with Crippen molar-refractivity contribution in [2.75, 3.05) is 7.05 Å². The molecule has 0 fully saturated rings. The minimum atomic E-state index is -3.67. The molecule has 3 nitrogen and oxygen atoms in total. The Morgan fingerprint density at radius 3 is 2.31 bits per heavy atom. The van der Waals surface area contributed by atoms with Gasteiger partial charge in [-0.05, 0) is 24.1 Å². The first kappa shape index (κ1) is 15.2. The molecule has 0 saturated heterocycles. The van der Waals surface area contributed by atoms with Crippen molar-refractivity contribution in [2.24, 2.45) is 0 Å². The number of rotatable bonds is 3. The van der Waals surface area contributed by atoms with E-state index in [4.69, 9.17) is 46.4 Å². The van der Waals surface area contributed by atoms with Crippen molar-refractivity contribution in [2.45, 2.75) is 7.33 Å². The van der Waals surface area contributed by atoms with Crippen molar-refractivity contribution < 1.29 is 8.42 Å². The van der Waals surface area contributed by atoms with Gasteiger partial charge >= 0.3 is 0 Å². The molecule has 0 saturated carbocycles. The lowest BCUT2D eigenvalue weighted by molar-refractivity contribution is 0.567. The maximum atomic E-state index is 11.9. The molecule has 0 aliphatic carbocycles. The van der Waals surface area contributed by atoms with E-state index >= 15 is 0 Å². The molecule has 16 heavy (non-hydrogen) atoms. The number of alkyl halides is 3. The first-order valence-corrected chi connectivity index (χ1v) is 8.17. The van der Waals surface area contributed by atoms with Gasteiger partial charge in [0.1, 0.15) is 4.21 Å². The molecule has 0 aliphatic heterocycles. The van der Waals surface area contributed by atoms with Crippen LogP contribution < -0.4 is 0 Å². The van der Waals surface area contributed by atoms with Gasteiger partial charge in [0.15, 0.2) is 0 Å². The Hall–Kier alpha value is 1.12. The van der Waals surface area contributed by atoms with Crippen LogP contribution in [-0.4, -0.2) is 22.3 Å². The van der Waals surface area contributed by atoms with Gasteiger partial charge in [-0.25, -0.2) is 8.42 Å². The third kappa shape index (κ3) is 4.10. The highest BCUT2D eigenvalue weighted by Gasteiger charge is 2.31. The zero-order valence-electron chi connectivity index (χ0n) is 7.66. The van der Waals surface area contributed by atoms with Gasteiger partial charge in [-0.3, -0.25) is 0 Å². The van der Waals surface area contributed by atoms with Crippen molar-refractivity contribution in [3.8, 4) is 0 Å². The fourth-order valence-corrected chi connectivity index (χ4v) is 5.89. The summed E-state index contributed by atoms with van der Waals surface area (Å²) in [4.78, 5) is 0. The lowest BCUT2D eigenvalue weighted by atomic mass is 10.7. The normalized spacial score (nSPS) is 13.4. The van der Waals surface area contributed by atoms with Crippen LogP contribution >= 0.6 is 69.7 Å². The smallest absolute Gasteiger partial charge is 0.205 e. The highest BCUT2D eigenvalue weighted by Crippen LogP contribution is 2.43. The fourth-order valence-electron chi connectivity index (χ4n) is 0.758. The van der Waals surface area contributed by atoms with Gasteiger partial charge in [0.2, 0.25) is 0 Å². The Bertz CT molecular complexity index is 466. The van der Waals surface area contributed by atoms with Gasteiger partial charge in [-0.1, -0.05) is 46.4 Å². The number of halogens is 4. The zero-order valence-corrected chi connectivity index (χ0v) is 13.1. The molecule has 0 aliphatic rings. The van der Waals surface area contributed by atoms with E-state index in [1.54, 1.807) is 0 Å². The molecule has 0 bridgehead atoms. The number of hydrogen-bond donors (Lipinski definition) is 0. The summed E-state index contributed by atoms with van der Waals surface area (Å²) in [5.74, 6) is 0. The van der Waals surface area contributed by atoms with Crippen LogP contribution in [-0.2, 0) is 10.0 Å². The van der Waals surface area contributed by atoms with Crippen LogP contribution in [0.1, 0.15) is 0 Å². The molecule has 0 atom stereocenters. The van der Waals surface area contributed by atoms with Gasteiger partial charge in [-0.2, -0.15) is 0 Å². The molecule has 0 spiro atoms. The van der Waals surface area contributed by atoms with Crippen molar-refractivity contribution in [3.05, 3.63) is 16.5 Å². The second-order valence-corrected chi connectivity index (χ2v) is 10.9. The largest absolute Gasteiger partial charge is 0.261 e. The van der Waals surface area contributed by atoms with E-state index in [1.807, 2.05) is 0 Å². The Morgan fingerprint density at radius 1 is 1.38 bits per heavy atom. The van der Waals surface area contributed by atoms with Crippen molar-refractivity contribution in [1.82, 2.24) is 3.71 Å². The summed E-state index contributed by atoms with van der Waals surface area (Å²) in [5, 5.41) is 0. The SMILES string of the molecule is CN(SC(Cl)(Cl)Cl)S(=O)(=O)c1ccc(Cl)s1. The molecule has 1 heterocycles. The van der Waals surface area contributed by atoms with Crippen LogP contribution in [0, 0.1) is 0 Å². The van der Waals surface area contributed by atoms with Gasteiger partial charge in [-0.15, -0.1) is 15.0 Å². The first-order chi connectivity index (χ1) is 7.13. The standard InChI is InChI=1S/C6H5Cl4NO2S3/c1-11(15-6(8,9)10)16(12,13)5-3-2-4(7)14-5/h2-3H,1H3. The highest BCUT2D eigenvalue weighted by atomic mass is 35.6. The molecule has 92 valence electrons. The molecule has 0 aromatic carbocycles. The second-order valence-electron chi connectivity index (χ2n) is 2.51. The summed E-state index contributed by atoms with van der Waals surface area (Å²) in [6.45, 7) is 0. The molecule has 0 radical (unpaired) electrons. The number of sulfonamides is 1. The average Bonchev–Trinajstić information content (AvgIpc) is 2.48. The van der Waals surface area contributed by atoms with Crippen LogP contribution in [0.2, 0.25) is 4.34 Å². The van der Waals surface area contributed by atoms with Crippen LogP contribution in [0.25, 0.3) is 0 Å². The zero-order chi connectivity index (χ0) is 12.6. The van der Waals surface area contributed by atoms with Gasteiger partial charge in [0.05, 0.1) is 4.34 Å². The van der Waals surface area contributed by atoms with E-state index in [1.165, 1.54) is 19.2 Å². The topological polar surface area (TPSA) is 37.4 Å². The summed E-state index contributed by atoms with van der Waals surface area (Å²) in [7, 11) is -2.37. The lowest BCUT2D eigenvalue weighted by Gasteiger charge is -2.18. The molecule has 0 unspecified atom stereocenters. The number of nitrogens with zero attached hydrogens (tertiary/aromatic N) is 1. The third-order valence-corrected chi connectivity index (χ3v) is 6.50. The molecular weight excluding hydrogens is 356 g/mol. The maximum Gasteiger partial charge on any atom is 0.261 e. The molecule has 1 rings (SSSR count). The van der Waals surface area contributed by atoms with Crippen LogP contribution in [0.4, 0.5) is 0 Å². The lowest BCUT2D eigenvalue weighted by Crippen LogP contribution is -2.22.